The van der Waals surface area contributed by atoms with Gasteiger partial charge in [0.15, 0.2) is 0 Å². The second-order valence-electron chi connectivity index (χ2n) is 28.2. The van der Waals surface area contributed by atoms with Gasteiger partial charge in [0.05, 0.1) is 42.3 Å². The molecule has 8 aromatic carbocycles. The van der Waals surface area contributed by atoms with E-state index >= 15 is 0 Å². The number of benzene rings is 8. The van der Waals surface area contributed by atoms with Crippen molar-refractivity contribution >= 4 is 179 Å². The number of amides is 5. The van der Waals surface area contributed by atoms with E-state index in [1.807, 2.05) is 0 Å². The Bertz CT molecular complexity index is 7170. The largest absolute Gasteiger partial charge is 0.475 e. The Morgan fingerprint density at radius 1 is 0.368 bits per heavy atom. The van der Waals surface area contributed by atoms with Crippen LogP contribution in [0.2, 0.25) is 0 Å². The van der Waals surface area contributed by atoms with Gasteiger partial charge in [0.2, 0.25) is 23.6 Å². The van der Waals surface area contributed by atoms with Gasteiger partial charge in [-0.1, -0.05) is 72.2 Å². The summed E-state index contributed by atoms with van der Waals surface area (Å²) in [4.78, 5) is 89.5. The Labute approximate surface area is 788 Å². The first-order chi connectivity index (χ1) is 62.7. The predicted octanol–water partition coefficient (Wildman–Crippen LogP) is 13.9. The van der Waals surface area contributed by atoms with Crippen molar-refractivity contribution in [2.24, 2.45) is 0 Å². The minimum Gasteiger partial charge on any atom is -0.475 e. The Hall–Kier alpha value is -16.2. The van der Waals surface area contributed by atoms with Crippen molar-refractivity contribution in [2.75, 3.05) is 62.7 Å². The topological polar surface area (TPSA) is 506 Å². The van der Waals surface area contributed by atoms with Gasteiger partial charge < -0.3 is 48.9 Å². The molecular formula is C94H82ClIN18O15S4. The van der Waals surface area contributed by atoms with Crippen LogP contribution in [-0.4, -0.2) is 105 Å². The molecule has 0 saturated heterocycles. The van der Waals surface area contributed by atoms with Crippen molar-refractivity contribution in [1.82, 2.24) is 19.9 Å². The molecule has 0 atom stereocenters. The summed E-state index contributed by atoms with van der Waals surface area (Å²) in [6, 6.07) is 71.4. The molecular weight excluding hydrogens is 1910 g/mol. The lowest BCUT2D eigenvalue weighted by Crippen LogP contribution is -2.26. The highest BCUT2D eigenvalue weighted by atomic mass is 127. The van der Waals surface area contributed by atoms with Crippen molar-refractivity contribution in [2.45, 2.75) is 84.0 Å². The summed E-state index contributed by atoms with van der Waals surface area (Å²) in [5, 5.41) is 21.3. The molecule has 5 amide bonds. The molecule has 12 aromatic rings. The molecule has 0 spiro atoms. The number of halogens is 2. The van der Waals surface area contributed by atoms with E-state index in [1.165, 1.54) is 76.2 Å². The van der Waals surface area contributed by atoms with E-state index in [-0.39, 0.29) is 67.2 Å². The average Bonchev–Trinajstić information content (AvgIpc) is 1.68. The molecule has 676 valence electrons. The Morgan fingerprint density at radius 2 is 0.654 bits per heavy atom. The molecule has 14 rings (SSSR count). The molecule has 39 heteroatoms. The number of rotatable bonds is 19. The Balaban J connectivity index is 0.000000205. The predicted molar refractivity (Wildman–Crippen MR) is 521 cm³/mol. The summed E-state index contributed by atoms with van der Waals surface area (Å²) in [5.74, 6) is 19.3. The van der Waals surface area contributed by atoms with E-state index in [0.717, 1.165) is 3.57 Å². The van der Waals surface area contributed by atoms with Crippen LogP contribution in [0.5, 0.6) is 0 Å². The molecule has 2 fully saturated rings. The van der Waals surface area contributed by atoms with E-state index in [9.17, 15) is 62.4 Å². The van der Waals surface area contributed by atoms with Crippen LogP contribution >= 0.6 is 35.0 Å². The van der Waals surface area contributed by atoms with Crippen LogP contribution in [-0.2, 0) is 68.9 Å². The number of hydrogen-bond donors (Lipinski definition) is 13. The maximum absolute atomic E-state index is 12.8. The number of terminal acetylenes is 1. The number of hydrogen-bond acceptors (Lipinski definition) is 21. The van der Waals surface area contributed by atoms with Gasteiger partial charge in [-0.25, -0.2) is 71.5 Å². The molecule has 4 aromatic heterocycles. The third-order valence-electron chi connectivity index (χ3n) is 17.5. The van der Waals surface area contributed by atoms with Crippen LogP contribution in [0.25, 0.3) is 9.69 Å². The van der Waals surface area contributed by atoms with Gasteiger partial charge in [0.1, 0.15) is 46.0 Å². The third kappa shape index (κ3) is 33.1. The molecule has 2 saturated carbocycles. The summed E-state index contributed by atoms with van der Waals surface area (Å²) in [6.45, 7) is 19.2. The number of nitrogens with two attached hydrogens (primary N) is 3. The van der Waals surface area contributed by atoms with E-state index < -0.39 is 57.1 Å². The smallest absolute Gasteiger partial charge is 0.390 e. The average molecular weight is 1990 g/mol. The van der Waals surface area contributed by atoms with Gasteiger partial charge in [-0.3, -0.25) is 52.6 Å². The molecule has 0 unspecified atom stereocenters. The lowest BCUT2D eigenvalue weighted by molar-refractivity contribution is -0.138. The van der Waals surface area contributed by atoms with Crippen molar-refractivity contribution in [3.05, 3.63) is 333 Å². The van der Waals surface area contributed by atoms with Gasteiger partial charge in [-0.15, -0.1) is 18.8 Å². The van der Waals surface area contributed by atoms with Gasteiger partial charge >= 0.3 is 23.0 Å². The van der Waals surface area contributed by atoms with Crippen LogP contribution in [0.15, 0.2) is 287 Å². The molecule has 0 bridgehead atoms. The second kappa shape index (κ2) is 47.2. The summed E-state index contributed by atoms with van der Waals surface area (Å²) in [5.41, 5.74) is 22.2. The molecule has 0 aliphatic heterocycles. The zero-order valence-corrected chi connectivity index (χ0v) is 77.0. The number of sulfonamides is 4. The van der Waals surface area contributed by atoms with Crippen molar-refractivity contribution in [3.63, 3.8) is 0 Å². The molecule has 2 aliphatic carbocycles. The first-order valence-electron chi connectivity index (χ1n) is 38.9. The number of nitrogen functional groups attached to an aromatic ring is 3. The van der Waals surface area contributed by atoms with Crippen LogP contribution < -0.4 is 62.7 Å². The van der Waals surface area contributed by atoms with Crippen molar-refractivity contribution < 1.29 is 67.5 Å². The summed E-state index contributed by atoms with van der Waals surface area (Å²) >= 11 is 2.11. The number of anilines is 12. The van der Waals surface area contributed by atoms with E-state index in [0.29, 0.717) is 128 Å². The number of pyridine rings is 4. The molecule has 2 aliphatic rings. The van der Waals surface area contributed by atoms with E-state index in [2.05, 4.69) is 139 Å². The fourth-order valence-electron chi connectivity index (χ4n) is 10.8. The minimum absolute atomic E-state index is 0. The molecule has 16 N–H and O–H groups in total. The lowest BCUT2D eigenvalue weighted by atomic mass is 10.2. The van der Waals surface area contributed by atoms with Gasteiger partial charge in [0.25, 0.3) is 40.1 Å². The first kappa shape index (κ1) is 102. The van der Waals surface area contributed by atoms with Crippen LogP contribution in [0.3, 0.4) is 0 Å². The number of carbonyl (C=O) groups is 6. The monoisotopic (exact) mass is 1990 g/mol. The van der Waals surface area contributed by atoms with Crippen molar-refractivity contribution in [3.8, 4) is 47.9 Å². The highest BCUT2D eigenvalue weighted by Crippen LogP contribution is 2.41. The van der Waals surface area contributed by atoms with Gasteiger partial charge in [-0.05, 0) is 259 Å². The normalized spacial score (nSPS) is 11.8. The van der Waals surface area contributed by atoms with Gasteiger partial charge in [-0.2, -0.15) is 0 Å². The Kier molecular flexibility index (Phi) is 36.3. The quantitative estimate of drug-likeness (QED) is 0.0155. The number of nitrogens with zero attached hydrogens (tertiary/aromatic N) is 6. The zero-order chi connectivity index (χ0) is 95.8. The third-order valence-corrected chi connectivity index (χ3v) is 23.8. The standard InChI is InChI=1S/C24H19N5O3S.C23H20N4O4S.C19H16N4O2S.C14H13IN2O3S.C9H8N2O.C5H5NO2.ClH/c1-26-24(14-15-24)23(30)28-19-5-2-6-20(16-19)29-33(31,32)21-12-9-17(10-13-21)8-11-18-4-3-7-22(25)27-18;1-16(28)24-20-6-3-7-21(15-20)27-32(30,31)22-13-10-18(11-14-22)9-12-19-5-4-8-23(26-19)25-17(2)29;20-15-3-1-5-17(13-15)23-26(24,25)18-11-8-14(9-12-18)7-10-16-4-2-6-19(21)22-16;1-10(18)16-12-3-2-4-13(9-12)17-21(19,20)14-7-5-11(15)6-8-14;1-3-8-5-4-6-9(11-8)10-7(2)12;1-6-5(2-3-5)4(7)8;/h2-7,9-10,12-13,16,29H,14-15H2,(H2,25,27)(H,28,30);3-8,10-11,13-15,27H,1-2H3,(H,24,28)(H,25,26,29);1-6,8-9,11-13,23H,20H2,(H2,21,22);2-9,17H,1H3,(H,16,18);1,4-6H,2H3,(H,10,11,12);2-3H2,(H,7,8);1H. The molecule has 0 radical (unpaired) electrons. The highest BCUT2D eigenvalue weighted by Gasteiger charge is 2.59. The number of carboxylic acids is 1. The Morgan fingerprint density at radius 3 is 0.955 bits per heavy atom. The maximum Gasteiger partial charge on any atom is 0.390 e. The van der Waals surface area contributed by atoms with Crippen molar-refractivity contribution in [1.29, 1.82) is 0 Å². The zero-order valence-electron chi connectivity index (χ0n) is 70.8. The lowest BCUT2D eigenvalue weighted by Gasteiger charge is -2.11. The second-order valence-corrected chi connectivity index (χ2v) is 36.2. The summed E-state index contributed by atoms with van der Waals surface area (Å²) in [6.07, 6.45) is 7.26. The first-order valence-corrected chi connectivity index (χ1v) is 45.9. The van der Waals surface area contributed by atoms with E-state index in [1.54, 1.807) is 218 Å². The number of carboxylic acid groups (broad SMARTS) is 1. The molecule has 133 heavy (non-hydrogen) atoms. The fraction of sp³-hybridized carbons (Fsp3) is 0.106. The van der Waals surface area contributed by atoms with Crippen LogP contribution in [0.4, 0.5) is 68.8 Å². The fourth-order valence-corrected chi connectivity index (χ4v) is 15.4. The van der Waals surface area contributed by atoms with Gasteiger partial charge in [0, 0.05) is 96.4 Å². The highest BCUT2D eigenvalue weighted by molar-refractivity contribution is 14.1. The van der Waals surface area contributed by atoms with Crippen LogP contribution in [0, 0.1) is 64.6 Å². The van der Waals surface area contributed by atoms with Crippen LogP contribution in [0.1, 0.15) is 92.8 Å². The number of aromatic nitrogens is 4. The summed E-state index contributed by atoms with van der Waals surface area (Å²) < 4.78 is 111. The number of aliphatic carboxylic acids is 1. The SMILES string of the molecule is C#Cc1cccc(NC(C)=O)n1.CC(=O)Nc1cccc(NS(=O)(=O)c2ccc(C#Cc3cccc(NC(C)=O)n3)cc2)c1.CC(=O)Nc1cccc(NS(=O)(=O)c2ccc(I)cc2)c1.Cl.Nc1cccc(NS(=O)(=O)c2ccc(C#Cc3cccc(N)n3)cc2)c1.[C-]#[N+]C1(C(=O)Nc2cccc(NS(=O)(=O)c3ccc(C#Cc4cccc(N)n4)cc3)c2)CC1.[C-]#[N+]C1(C(=O)O)CC1. The van der Waals surface area contributed by atoms with E-state index in [4.69, 9.17) is 41.9 Å². The molecule has 4 heterocycles. The minimum atomic E-state index is -3.86. The molecule has 33 nitrogen and oxygen atoms in total. The number of carbonyl (C=O) groups excluding carboxylic acids is 5. The number of nitrogens with one attached hydrogen (secondary N) is 9. The maximum atomic E-state index is 12.8. The summed E-state index contributed by atoms with van der Waals surface area (Å²) in [7, 11) is -15.0.